The van der Waals surface area contributed by atoms with Crippen LogP contribution in [0.5, 0.6) is 0 Å². The Morgan fingerprint density at radius 2 is 2.38 bits per heavy atom. The van der Waals surface area contributed by atoms with E-state index in [2.05, 4.69) is 10.3 Å². The first-order valence-electron chi connectivity index (χ1n) is 4.09. The summed E-state index contributed by atoms with van der Waals surface area (Å²) < 4.78 is 13.8. The zero-order valence-corrected chi connectivity index (χ0v) is 7.99. The van der Waals surface area contributed by atoms with E-state index >= 15 is 0 Å². The lowest BCUT2D eigenvalue weighted by Gasteiger charge is -1.92. The minimum atomic E-state index is -0.235. The molecule has 2 rings (SSSR count). The fourth-order valence-electron chi connectivity index (χ4n) is 1.13. The molecule has 0 saturated heterocycles. The number of nitrogens with zero attached hydrogens (tertiary/aromatic N) is 1. The molecule has 68 valence electrons. The monoisotopic (exact) mass is 196 g/mol. The molecule has 0 aliphatic heterocycles. The van der Waals surface area contributed by atoms with Crippen molar-refractivity contribution in [2.45, 2.75) is 6.92 Å². The number of hydrogen-bond donors (Lipinski definition) is 1. The van der Waals surface area contributed by atoms with Gasteiger partial charge in [0.2, 0.25) is 0 Å². The highest BCUT2D eigenvalue weighted by atomic mass is 32.1. The first-order valence-corrected chi connectivity index (χ1v) is 4.91. The third kappa shape index (κ3) is 1.62. The molecule has 2 aromatic rings. The van der Waals surface area contributed by atoms with Gasteiger partial charge in [-0.2, -0.15) is 0 Å². The summed E-state index contributed by atoms with van der Waals surface area (Å²) >= 11 is 1.54. The van der Waals surface area contributed by atoms with Crippen LogP contribution in [0.4, 0.5) is 9.52 Å². The van der Waals surface area contributed by atoms with E-state index in [0.29, 0.717) is 0 Å². The fraction of sp³-hybridized carbons (Fsp3) is 0.222. The number of fused-ring (bicyclic) bond motifs is 1. The molecule has 0 atom stereocenters. The van der Waals surface area contributed by atoms with Crippen LogP contribution in [0.25, 0.3) is 10.2 Å². The minimum absolute atomic E-state index is 0.235. The lowest BCUT2D eigenvalue weighted by molar-refractivity contribution is 0.629. The topological polar surface area (TPSA) is 24.9 Å². The number of rotatable bonds is 2. The second kappa shape index (κ2) is 3.30. The Labute approximate surface area is 79.4 Å². The van der Waals surface area contributed by atoms with Gasteiger partial charge in [0, 0.05) is 12.6 Å². The maximum atomic E-state index is 12.8. The van der Waals surface area contributed by atoms with Crippen molar-refractivity contribution in [1.29, 1.82) is 0 Å². The molecule has 2 nitrogen and oxygen atoms in total. The molecule has 1 N–H and O–H groups in total. The van der Waals surface area contributed by atoms with E-state index in [-0.39, 0.29) is 5.82 Å². The molecule has 0 aliphatic carbocycles. The second-order valence-electron chi connectivity index (χ2n) is 2.66. The van der Waals surface area contributed by atoms with Crippen LogP contribution in [-0.4, -0.2) is 11.5 Å². The maximum absolute atomic E-state index is 12.8. The van der Waals surface area contributed by atoms with E-state index in [9.17, 15) is 4.39 Å². The zero-order valence-electron chi connectivity index (χ0n) is 7.17. The average Bonchev–Trinajstić information content (AvgIpc) is 2.46. The van der Waals surface area contributed by atoms with Crippen LogP contribution >= 0.6 is 11.3 Å². The molecule has 0 fully saturated rings. The summed E-state index contributed by atoms with van der Waals surface area (Å²) in [5, 5.41) is 3.95. The largest absolute Gasteiger partial charge is 0.362 e. The third-order valence-corrected chi connectivity index (χ3v) is 2.67. The molecule has 0 spiro atoms. The van der Waals surface area contributed by atoms with E-state index in [1.165, 1.54) is 12.1 Å². The fourth-order valence-corrected chi connectivity index (χ4v) is 2.04. The van der Waals surface area contributed by atoms with E-state index in [1.807, 2.05) is 6.92 Å². The molecule has 0 bridgehead atoms. The summed E-state index contributed by atoms with van der Waals surface area (Å²) in [4.78, 5) is 4.23. The molecule has 0 aliphatic rings. The molecule has 13 heavy (non-hydrogen) atoms. The highest BCUT2D eigenvalue weighted by Crippen LogP contribution is 2.25. The van der Waals surface area contributed by atoms with Crippen molar-refractivity contribution in [2.75, 3.05) is 11.9 Å². The number of halogens is 1. The summed E-state index contributed by atoms with van der Waals surface area (Å²) in [6.07, 6.45) is 0. The number of aromatic nitrogens is 1. The van der Waals surface area contributed by atoms with Crippen LogP contribution in [-0.2, 0) is 0 Å². The Morgan fingerprint density at radius 3 is 3.15 bits per heavy atom. The Bertz CT molecular complexity index is 424. The summed E-state index contributed by atoms with van der Waals surface area (Å²) in [5.74, 6) is -0.235. The Morgan fingerprint density at radius 1 is 1.54 bits per heavy atom. The van der Waals surface area contributed by atoms with Gasteiger partial charge >= 0.3 is 0 Å². The zero-order chi connectivity index (χ0) is 9.26. The Kier molecular flexibility index (Phi) is 2.14. The molecule has 1 aromatic carbocycles. The van der Waals surface area contributed by atoms with E-state index < -0.39 is 0 Å². The molecule has 4 heteroatoms. The summed E-state index contributed by atoms with van der Waals surface area (Å²) in [5.41, 5.74) is 0.723. The van der Waals surface area contributed by atoms with Crippen LogP contribution < -0.4 is 5.32 Å². The number of nitrogens with one attached hydrogen (secondary N) is 1. The lowest BCUT2D eigenvalue weighted by Crippen LogP contribution is -1.94. The summed E-state index contributed by atoms with van der Waals surface area (Å²) in [6.45, 7) is 2.84. The van der Waals surface area contributed by atoms with Crippen LogP contribution in [0.15, 0.2) is 18.2 Å². The lowest BCUT2D eigenvalue weighted by atomic mass is 10.3. The van der Waals surface area contributed by atoms with Gasteiger partial charge in [-0.25, -0.2) is 9.37 Å². The van der Waals surface area contributed by atoms with Gasteiger partial charge in [0.05, 0.1) is 10.2 Å². The Balaban J connectivity index is 2.49. The summed E-state index contributed by atoms with van der Waals surface area (Å²) in [6, 6.07) is 4.66. The van der Waals surface area contributed by atoms with Crippen molar-refractivity contribution >= 4 is 26.7 Å². The number of benzene rings is 1. The Hall–Kier alpha value is -1.16. The van der Waals surface area contributed by atoms with Crippen LogP contribution in [0.2, 0.25) is 0 Å². The minimum Gasteiger partial charge on any atom is -0.362 e. The van der Waals surface area contributed by atoms with E-state index in [1.54, 1.807) is 17.4 Å². The summed E-state index contributed by atoms with van der Waals surface area (Å²) in [7, 11) is 0. The molecule has 0 radical (unpaired) electrons. The van der Waals surface area contributed by atoms with Gasteiger partial charge in [-0.15, -0.1) is 0 Å². The molecular formula is C9H9FN2S. The van der Waals surface area contributed by atoms with Gasteiger partial charge in [0.15, 0.2) is 5.13 Å². The van der Waals surface area contributed by atoms with Gasteiger partial charge in [-0.1, -0.05) is 11.3 Å². The molecule has 0 amide bonds. The average molecular weight is 196 g/mol. The standard InChI is InChI=1S/C9H9FN2S/c1-2-11-9-12-7-5-6(10)3-4-8(7)13-9/h3-5H,2H2,1H3,(H,11,12). The van der Waals surface area contributed by atoms with Gasteiger partial charge in [0.1, 0.15) is 5.82 Å². The highest BCUT2D eigenvalue weighted by molar-refractivity contribution is 7.22. The van der Waals surface area contributed by atoms with Crippen LogP contribution in [0.3, 0.4) is 0 Å². The van der Waals surface area contributed by atoms with Crippen LogP contribution in [0.1, 0.15) is 6.92 Å². The predicted octanol–water partition coefficient (Wildman–Crippen LogP) is 2.87. The van der Waals surface area contributed by atoms with E-state index in [0.717, 1.165) is 21.9 Å². The van der Waals surface area contributed by atoms with Crippen molar-refractivity contribution in [1.82, 2.24) is 4.98 Å². The number of hydrogen-bond acceptors (Lipinski definition) is 3. The van der Waals surface area contributed by atoms with Crippen molar-refractivity contribution in [2.24, 2.45) is 0 Å². The molecular weight excluding hydrogens is 187 g/mol. The first kappa shape index (κ1) is 8.44. The smallest absolute Gasteiger partial charge is 0.183 e. The van der Waals surface area contributed by atoms with Gasteiger partial charge in [-0.3, -0.25) is 0 Å². The first-order chi connectivity index (χ1) is 6.29. The van der Waals surface area contributed by atoms with E-state index in [4.69, 9.17) is 0 Å². The van der Waals surface area contributed by atoms with Gasteiger partial charge < -0.3 is 5.32 Å². The van der Waals surface area contributed by atoms with Gasteiger partial charge in [-0.05, 0) is 19.1 Å². The maximum Gasteiger partial charge on any atom is 0.183 e. The second-order valence-corrected chi connectivity index (χ2v) is 3.69. The normalized spacial score (nSPS) is 10.6. The van der Waals surface area contributed by atoms with Crippen molar-refractivity contribution in [3.8, 4) is 0 Å². The van der Waals surface area contributed by atoms with Crippen LogP contribution in [0, 0.1) is 5.82 Å². The SMILES string of the molecule is CCNc1nc2cc(F)ccc2s1. The predicted molar refractivity (Wildman–Crippen MR) is 53.7 cm³/mol. The quantitative estimate of drug-likeness (QED) is 0.798. The van der Waals surface area contributed by atoms with Gasteiger partial charge in [0.25, 0.3) is 0 Å². The number of anilines is 1. The van der Waals surface area contributed by atoms with Crippen molar-refractivity contribution in [3.63, 3.8) is 0 Å². The molecule has 1 heterocycles. The molecule has 1 aromatic heterocycles. The van der Waals surface area contributed by atoms with Crippen molar-refractivity contribution < 1.29 is 4.39 Å². The number of thiazole rings is 1. The highest BCUT2D eigenvalue weighted by Gasteiger charge is 2.02. The van der Waals surface area contributed by atoms with Crippen molar-refractivity contribution in [3.05, 3.63) is 24.0 Å². The molecule has 0 unspecified atom stereocenters. The molecule has 0 saturated carbocycles. The third-order valence-electron chi connectivity index (χ3n) is 1.68.